The van der Waals surface area contributed by atoms with Gasteiger partial charge in [-0.05, 0) is 30.8 Å². The summed E-state index contributed by atoms with van der Waals surface area (Å²) in [7, 11) is 1.58. The first-order valence-electron chi connectivity index (χ1n) is 4.66. The van der Waals surface area contributed by atoms with Gasteiger partial charge in [-0.15, -0.1) is 0 Å². The third-order valence-corrected chi connectivity index (χ3v) is 3.39. The predicted molar refractivity (Wildman–Crippen MR) is 55.6 cm³/mol. The van der Waals surface area contributed by atoms with Gasteiger partial charge in [0.1, 0.15) is 5.60 Å². The molecule has 76 valence electrons. The Morgan fingerprint density at radius 1 is 1.64 bits per heavy atom. The van der Waals surface area contributed by atoms with Crippen molar-refractivity contribution in [2.75, 3.05) is 7.11 Å². The molecule has 0 amide bonds. The minimum absolute atomic E-state index is 0.581. The SMILES string of the molecule is COc1cc(C2(O)C=CCCC2)sn1. The van der Waals surface area contributed by atoms with Crippen molar-refractivity contribution >= 4 is 11.5 Å². The van der Waals surface area contributed by atoms with Crippen LogP contribution in [0.1, 0.15) is 24.1 Å². The zero-order valence-electron chi connectivity index (χ0n) is 8.06. The fourth-order valence-electron chi connectivity index (χ4n) is 1.62. The molecule has 0 bridgehead atoms. The van der Waals surface area contributed by atoms with E-state index in [9.17, 15) is 5.11 Å². The van der Waals surface area contributed by atoms with Crippen LogP contribution in [-0.2, 0) is 5.60 Å². The van der Waals surface area contributed by atoms with Crippen molar-refractivity contribution in [3.63, 3.8) is 0 Å². The van der Waals surface area contributed by atoms with E-state index in [1.54, 1.807) is 13.2 Å². The van der Waals surface area contributed by atoms with Crippen LogP contribution in [0.4, 0.5) is 0 Å². The van der Waals surface area contributed by atoms with Crippen LogP contribution in [0.3, 0.4) is 0 Å². The molecule has 1 unspecified atom stereocenters. The zero-order valence-corrected chi connectivity index (χ0v) is 8.88. The molecule has 1 aliphatic carbocycles. The number of allylic oxidation sites excluding steroid dienone is 1. The summed E-state index contributed by atoms with van der Waals surface area (Å²) in [6, 6.07) is 1.81. The molecule has 3 nitrogen and oxygen atoms in total. The monoisotopic (exact) mass is 211 g/mol. The fourth-order valence-corrected chi connectivity index (χ4v) is 2.41. The summed E-state index contributed by atoms with van der Waals surface area (Å²) in [5.41, 5.74) is -0.813. The van der Waals surface area contributed by atoms with Crippen molar-refractivity contribution in [1.82, 2.24) is 4.37 Å². The first-order chi connectivity index (χ1) is 6.74. The molecule has 1 heterocycles. The van der Waals surface area contributed by atoms with Gasteiger partial charge in [0, 0.05) is 6.07 Å². The van der Waals surface area contributed by atoms with Crippen LogP contribution in [0.15, 0.2) is 18.2 Å². The summed E-state index contributed by atoms with van der Waals surface area (Å²) in [5.74, 6) is 0.581. The third-order valence-electron chi connectivity index (χ3n) is 2.45. The van der Waals surface area contributed by atoms with E-state index in [2.05, 4.69) is 4.37 Å². The molecule has 4 heteroatoms. The molecule has 0 spiro atoms. The van der Waals surface area contributed by atoms with Crippen molar-refractivity contribution in [3.8, 4) is 5.88 Å². The Morgan fingerprint density at radius 3 is 3.07 bits per heavy atom. The molecule has 0 radical (unpaired) electrons. The molecule has 1 aliphatic rings. The molecule has 2 rings (SSSR count). The molecule has 0 fully saturated rings. The van der Waals surface area contributed by atoms with E-state index in [0.29, 0.717) is 5.88 Å². The predicted octanol–water partition coefficient (Wildman–Crippen LogP) is 2.08. The number of aliphatic hydroxyl groups is 1. The molecule has 0 saturated carbocycles. The summed E-state index contributed by atoms with van der Waals surface area (Å²) < 4.78 is 9.08. The first kappa shape index (κ1) is 9.68. The second kappa shape index (κ2) is 3.71. The van der Waals surface area contributed by atoms with Crippen LogP contribution in [0.5, 0.6) is 5.88 Å². The van der Waals surface area contributed by atoms with Crippen LogP contribution < -0.4 is 4.74 Å². The zero-order chi connectivity index (χ0) is 10.0. The average Bonchev–Trinajstić information content (AvgIpc) is 2.67. The van der Waals surface area contributed by atoms with E-state index in [1.807, 2.05) is 12.2 Å². The van der Waals surface area contributed by atoms with E-state index >= 15 is 0 Å². The Kier molecular flexibility index (Phi) is 2.56. The molecular formula is C10H13NO2S. The number of hydrogen-bond acceptors (Lipinski definition) is 4. The van der Waals surface area contributed by atoms with Gasteiger partial charge in [0.2, 0.25) is 5.88 Å². The van der Waals surface area contributed by atoms with Crippen LogP contribution in [-0.4, -0.2) is 16.6 Å². The number of nitrogens with zero attached hydrogens (tertiary/aromatic N) is 1. The summed E-state index contributed by atoms with van der Waals surface area (Å²) in [5, 5.41) is 10.3. The molecule has 0 saturated heterocycles. The van der Waals surface area contributed by atoms with Crippen molar-refractivity contribution in [2.24, 2.45) is 0 Å². The van der Waals surface area contributed by atoms with E-state index in [4.69, 9.17) is 4.74 Å². The highest BCUT2D eigenvalue weighted by Crippen LogP contribution is 2.36. The Balaban J connectivity index is 2.28. The average molecular weight is 211 g/mol. The quantitative estimate of drug-likeness (QED) is 0.761. The molecule has 1 N–H and O–H groups in total. The molecule has 1 aromatic rings. The minimum Gasteiger partial charge on any atom is -0.480 e. The van der Waals surface area contributed by atoms with Gasteiger partial charge < -0.3 is 9.84 Å². The van der Waals surface area contributed by atoms with E-state index in [0.717, 1.165) is 24.1 Å². The normalized spacial score (nSPS) is 26.4. The van der Waals surface area contributed by atoms with Gasteiger partial charge in [-0.1, -0.05) is 12.2 Å². The van der Waals surface area contributed by atoms with Crippen molar-refractivity contribution in [1.29, 1.82) is 0 Å². The third kappa shape index (κ3) is 1.67. The molecule has 14 heavy (non-hydrogen) atoms. The van der Waals surface area contributed by atoms with E-state index in [-0.39, 0.29) is 0 Å². The number of rotatable bonds is 2. The van der Waals surface area contributed by atoms with Gasteiger partial charge >= 0.3 is 0 Å². The molecule has 0 aliphatic heterocycles. The number of methoxy groups -OCH3 is 1. The Bertz CT molecular complexity index is 348. The minimum atomic E-state index is -0.813. The maximum atomic E-state index is 10.3. The van der Waals surface area contributed by atoms with Gasteiger partial charge in [-0.3, -0.25) is 0 Å². The van der Waals surface area contributed by atoms with Gasteiger partial charge in [-0.25, -0.2) is 0 Å². The molecule has 1 atom stereocenters. The summed E-state index contributed by atoms with van der Waals surface area (Å²) >= 11 is 1.30. The highest BCUT2D eigenvalue weighted by Gasteiger charge is 2.30. The van der Waals surface area contributed by atoms with E-state index in [1.165, 1.54) is 11.5 Å². The first-order valence-corrected chi connectivity index (χ1v) is 5.43. The lowest BCUT2D eigenvalue weighted by molar-refractivity contribution is 0.0762. The van der Waals surface area contributed by atoms with Crippen molar-refractivity contribution in [3.05, 3.63) is 23.1 Å². The molecular weight excluding hydrogens is 198 g/mol. The summed E-state index contributed by atoms with van der Waals surface area (Å²) in [6.45, 7) is 0. The van der Waals surface area contributed by atoms with Gasteiger partial charge in [0.25, 0.3) is 0 Å². The smallest absolute Gasteiger partial charge is 0.225 e. The largest absolute Gasteiger partial charge is 0.480 e. The van der Waals surface area contributed by atoms with E-state index < -0.39 is 5.60 Å². The number of ether oxygens (including phenoxy) is 1. The number of hydrogen-bond donors (Lipinski definition) is 1. The second-order valence-corrected chi connectivity index (χ2v) is 4.26. The second-order valence-electron chi connectivity index (χ2n) is 3.45. The van der Waals surface area contributed by atoms with Crippen LogP contribution in [0.25, 0.3) is 0 Å². The topological polar surface area (TPSA) is 42.4 Å². The fraction of sp³-hybridized carbons (Fsp3) is 0.500. The van der Waals surface area contributed by atoms with Crippen LogP contribution >= 0.6 is 11.5 Å². The highest BCUT2D eigenvalue weighted by molar-refractivity contribution is 7.06. The Labute approximate surface area is 87.2 Å². The van der Waals surface area contributed by atoms with Crippen molar-refractivity contribution in [2.45, 2.75) is 24.9 Å². The standard InChI is InChI=1S/C10H13NO2S/c1-13-9-7-8(14-11-9)10(12)5-3-2-4-6-10/h3,5,7,12H,2,4,6H2,1H3. The Morgan fingerprint density at radius 2 is 2.50 bits per heavy atom. The highest BCUT2D eigenvalue weighted by atomic mass is 32.1. The molecule has 0 aromatic carbocycles. The Hall–Kier alpha value is -0.870. The lowest BCUT2D eigenvalue weighted by Crippen LogP contribution is -2.23. The van der Waals surface area contributed by atoms with Crippen LogP contribution in [0, 0.1) is 0 Å². The van der Waals surface area contributed by atoms with Crippen molar-refractivity contribution < 1.29 is 9.84 Å². The maximum absolute atomic E-state index is 10.3. The van der Waals surface area contributed by atoms with Gasteiger partial charge in [-0.2, -0.15) is 4.37 Å². The number of aromatic nitrogens is 1. The lowest BCUT2D eigenvalue weighted by Gasteiger charge is -2.25. The maximum Gasteiger partial charge on any atom is 0.225 e. The lowest BCUT2D eigenvalue weighted by atomic mass is 9.90. The summed E-state index contributed by atoms with van der Waals surface area (Å²) in [4.78, 5) is 0.866. The summed E-state index contributed by atoms with van der Waals surface area (Å²) in [6.07, 6.45) is 6.74. The molecule has 1 aromatic heterocycles. The van der Waals surface area contributed by atoms with Gasteiger partial charge in [0.15, 0.2) is 0 Å². The van der Waals surface area contributed by atoms with Crippen LogP contribution in [0.2, 0.25) is 0 Å². The van der Waals surface area contributed by atoms with Gasteiger partial charge in [0.05, 0.1) is 12.0 Å².